The number of nitrogens with one attached hydrogen (secondary N) is 1. The molecule has 2 aromatic rings. The second-order valence-corrected chi connectivity index (χ2v) is 6.70. The Morgan fingerprint density at radius 3 is 2.38 bits per heavy atom. The Kier molecular flexibility index (Phi) is 5.37. The number of hydrogen-bond acceptors (Lipinski definition) is 4. The van der Waals surface area contributed by atoms with Gasteiger partial charge in [0.1, 0.15) is 5.75 Å². The fourth-order valence-electron chi connectivity index (χ4n) is 2.46. The van der Waals surface area contributed by atoms with Crippen LogP contribution in [-0.4, -0.2) is 17.7 Å². The van der Waals surface area contributed by atoms with E-state index in [0.717, 1.165) is 16.8 Å². The van der Waals surface area contributed by atoms with E-state index < -0.39 is 6.61 Å². The fourth-order valence-corrected chi connectivity index (χ4v) is 3.29. The topological polar surface area (TPSA) is 50.7 Å². The maximum atomic E-state index is 12.2. The van der Waals surface area contributed by atoms with Crippen LogP contribution in [-0.2, 0) is 4.79 Å². The summed E-state index contributed by atoms with van der Waals surface area (Å²) >= 11 is 1.24. The number of aryl methyl sites for hydroxylation is 2. The van der Waals surface area contributed by atoms with Gasteiger partial charge in [-0.25, -0.2) is 4.99 Å². The summed E-state index contributed by atoms with van der Waals surface area (Å²) in [5.41, 5.74) is 3.60. The normalized spacial score (nSPS) is 17.2. The summed E-state index contributed by atoms with van der Waals surface area (Å²) in [6.07, 6.45) is 1.68. The molecule has 0 aliphatic carbocycles. The lowest BCUT2D eigenvalue weighted by Crippen LogP contribution is -2.19. The van der Waals surface area contributed by atoms with Crippen LogP contribution in [0.25, 0.3) is 6.08 Å². The number of alkyl halides is 2. The third kappa shape index (κ3) is 4.29. The van der Waals surface area contributed by atoms with Crippen molar-refractivity contribution in [2.24, 2.45) is 4.99 Å². The second-order valence-electron chi connectivity index (χ2n) is 5.67. The summed E-state index contributed by atoms with van der Waals surface area (Å²) < 4.78 is 28.7. The molecule has 2 aromatic carbocycles. The Morgan fingerprint density at radius 2 is 1.77 bits per heavy atom. The van der Waals surface area contributed by atoms with E-state index in [0.29, 0.717) is 15.6 Å². The van der Waals surface area contributed by atoms with Crippen molar-refractivity contribution in [1.82, 2.24) is 5.32 Å². The Bertz CT molecular complexity index is 873. The first-order valence-electron chi connectivity index (χ1n) is 7.83. The number of nitrogens with zero attached hydrogens (tertiary/aromatic N) is 1. The number of amides is 1. The average molecular weight is 374 g/mol. The van der Waals surface area contributed by atoms with E-state index >= 15 is 0 Å². The number of rotatable bonds is 4. The predicted octanol–water partition coefficient (Wildman–Crippen LogP) is 4.80. The maximum Gasteiger partial charge on any atom is 0.387 e. The van der Waals surface area contributed by atoms with Gasteiger partial charge in [0.2, 0.25) is 0 Å². The molecule has 1 aliphatic heterocycles. The summed E-state index contributed by atoms with van der Waals surface area (Å²) in [6, 6.07) is 12.0. The highest BCUT2D eigenvalue weighted by Crippen LogP contribution is 2.30. The van der Waals surface area contributed by atoms with E-state index in [1.807, 2.05) is 32.0 Å². The lowest BCUT2D eigenvalue weighted by Gasteiger charge is -2.04. The van der Waals surface area contributed by atoms with Crippen LogP contribution in [0.1, 0.15) is 16.7 Å². The van der Waals surface area contributed by atoms with Crippen LogP contribution in [0.3, 0.4) is 0 Å². The number of ether oxygens (including phenoxy) is 1. The molecule has 1 amide bonds. The number of aliphatic imine (C=N–C) groups is 1. The van der Waals surface area contributed by atoms with Gasteiger partial charge in [0.25, 0.3) is 5.91 Å². The quantitative estimate of drug-likeness (QED) is 0.783. The van der Waals surface area contributed by atoms with Gasteiger partial charge in [-0.3, -0.25) is 4.79 Å². The number of benzene rings is 2. The van der Waals surface area contributed by atoms with Gasteiger partial charge in [-0.05, 0) is 60.5 Å². The minimum absolute atomic E-state index is 0.0722. The monoisotopic (exact) mass is 374 g/mol. The molecular formula is C19H16F2N2O2S. The highest BCUT2D eigenvalue weighted by molar-refractivity contribution is 8.18. The highest BCUT2D eigenvalue weighted by atomic mass is 32.2. The van der Waals surface area contributed by atoms with Crippen molar-refractivity contribution in [1.29, 1.82) is 0 Å². The summed E-state index contributed by atoms with van der Waals surface area (Å²) in [4.78, 5) is 17.2. The number of thioether (sulfide) groups is 1. The molecule has 1 aliphatic rings. The Labute approximate surface area is 154 Å². The van der Waals surface area contributed by atoms with E-state index in [2.05, 4.69) is 15.0 Å². The van der Waals surface area contributed by atoms with E-state index in [9.17, 15) is 13.6 Å². The first kappa shape index (κ1) is 18.1. The third-order valence-electron chi connectivity index (χ3n) is 3.71. The summed E-state index contributed by atoms with van der Waals surface area (Å²) in [7, 11) is 0. The van der Waals surface area contributed by atoms with Gasteiger partial charge in [0.05, 0.1) is 10.6 Å². The van der Waals surface area contributed by atoms with Crippen molar-refractivity contribution in [3.05, 3.63) is 64.1 Å². The van der Waals surface area contributed by atoms with E-state index in [-0.39, 0.29) is 11.7 Å². The summed E-state index contributed by atoms with van der Waals surface area (Å²) in [5.74, 6) is -0.171. The van der Waals surface area contributed by atoms with Crippen molar-refractivity contribution < 1.29 is 18.3 Å². The van der Waals surface area contributed by atoms with Gasteiger partial charge in [-0.2, -0.15) is 8.78 Å². The standard InChI is InChI=1S/C19H16F2N2O2S/c1-11-4-3-5-12(2)16(11)22-19-23-17(24)15(26-19)10-13-6-8-14(9-7-13)25-18(20)21/h3-10,18H,1-2H3,(H,22,23,24)/b15-10+. The molecule has 26 heavy (non-hydrogen) atoms. The van der Waals surface area contributed by atoms with Crippen molar-refractivity contribution in [3.63, 3.8) is 0 Å². The van der Waals surface area contributed by atoms with Crippen molar-refractivity contribution in [2.75, 3.05) is 0 Å². The number of para-hydroxylation sites is 1. The Hall–Kier alpha value is -2.67. The number of carbonyl (C=O) groups excluding carboxylic acids is 1. The molecule has 1 saturated heterocycles. The van der Waals surface area contributed by atoms with Crippen molar-refractivity contribution in [3.8, 4) is 5.75 Å². The molecule has 4 nitrogen and oxygen atoms in total. The van der Waals surface area contributed by atoms with E-state index in [1.165, 1.54) is 23.9 Å². The molecule has 0 radical (unpaired) electrons. The molecule has 134 valence electrons. The lowest BCUT2D eigenvalue weighted by molar-refractivity contribution is -0.115. The molecule has 0 saturated carbocycles. The molecule has 0 spiro atoms. The number of amidine groups is 1. The molecule has 0 unspecified atom stereocenters. The van der Waals surface area contributed by atoms with Gasteiger partial charge >= 0.3 is 6.61 Å². The predicted molar refractivity (Wildman–Crippen MR) is 99.8 cm³/mol. The average Bonchev–Trinajstić information content (AvgIpc) is 2.92. The molecule has 1 N–H and O–H groups in total. The van der Waals surface area contributed by atoms with Crippen molar-refractivity contribution >= 4 is 34.6 Å². The first-order chi connectivity index (χ1) is 12.4. The summed E-state index contributed by atoms with van der Waals surface area (Å²) in [6.45, 7) is 1.07. The minimum Gasteiger partial charge on any atom is -0.435 e. The van der Waals surface area contributed by atoms with Gasteiger partial charge in [-0.15, -0.1) is 0 Å². The molecule has 0 atom stereocenters. The first-order valence-corrected chi connectivity index (χ1v) is 8.65. The van der Waals surface area contributed by atoms with Gasteiger partial charge in [-0.1, -0.05) is 30.3 Å². The zero-order valence-corrected chi connectivity index (χ0v) is 14.9. The van der Waals surface area contributed by atoms with Crippen LogP contribution in [0.2, 0.25) is 0 Å². The van der Waals surface area contributed by atoms with Crippen LogP contribution >= 0.6 is 11.8 Å². The molecule has 7 heteroatoms. The van der Waals surface area contributed by atoms with Crippen LogP contribution < -0.4 is 10.1 Å². The number of halogens is 2. The fraction of sp³-hybridized carbons (Fsp3) is 0.158. The zero-order valence-electron chi connectivity index (χ0n) is 14.1. The SMILES string of the molecule is Cc1cccc(C)c1N=C1NC(=O)/C(=C\c2ccc(OC(F)F)cc2)S1. The van der Waals surface area contributed by atoms with Gasteiger partial charge < -0.3 is 10.1 Å². The van der Waals surface area contributed by atoms with Crippen LogP contribution in [0.15, 0.2) is 52.4 Å². The molecule has 3 rings (SSSR count). The van der Waals surface area contributed by atoms with E-state index in [4.69, 9.17) is 0 Å². The smallest absolute Gasteiger partial charge is 0.387 e. The second kappa shape index (κ2) is 7.70. The number of carbonyl (C=O) groups is 1. The van der Waals surface area contributed by atoms with Crippen molar-refractivity contribution in [2.45, 2.75) is 20.5 Å². The minimum atomic E-state index is -2.86. The Morgan fingerprint density at radius 1 is 1.12 bits per heavy atom. The maximum absolute atomic E-state index is 12.2. The Balaban J connectivity index is 1.79. The third-order valence-corrected chi connectivity index (χ3v) is 4.62. The van der Waals surface area contributed by atoms with Crippen LogP contribution in [0, 0.1) is 13.8 Å². The highest BCUT2D eigenvalue weighted by Gasteiger charge is 2.24. The largest absolute Gasteiger partial charge is 0.435 e. The van der Waals surface area contributed by atoms with Gasteiger partial charge in [0, 0.05) is 0 Å². The molecular weight excluding hydrogens is 358 g/mol. The molecule has 1 heterocycles. The lowest BCUT2D eigenvalue weighted by atomic mass is 10.1. The molecule has 0 aromatic heterocycles. The van der Waals surface area contributed by atoms with Crippen LogP contribution in [0.5, 0.6) is 5.75 Å². The summed E-state index contributed by atoms with van der Waals surface area (Å²) in [5, 5.41) is 3.26. The molecule has 1 fully saturated rings. The van der Waals surface area contributed by atoms with Gasteiger partial charge in [0.15, 0.2) is 5.17 Å². The number of hydrogen-bond donors (Lipinski definition) is 1. The van der Waals surface area contributed by atoms with E-state index in [1.54, 1.807) is 18.2 Å². The zero-order chi connectivity index (χ0) is 18.7. The van der Waals surface area contributed by atoms with Crippen LogP contribution in [0.4, 0.5) is 14.5 Å². The molecule has 0 bridgehead atoms.